The fourth-order valence-corrected chi connectivity index (χ4v) is 2.28. The molecule has 1 N–H and O–H groups in total. The van der Waals surface area contributed by atoms with Gasteiger partial charge in [0.1, 0.15) is 5.15 Å². The summed E-state index contributed by atoms with van der Waals surface area (Å²) >= 11 is 6.12. The Kier molecular flexibility index (Phi) is 3.93. The van der Waals surface area contributed by atoms with Crippen molar-refractivity contribution in [2.45, 2.75) is 6.04 Å². The molecular weight excluding hydrogens is 222 g/mol. The Labute approximate surface area is 101 Å². The maximum Gasteiger partial charge on any atom is 0.134 e. The van der Waals surface area contributed by atoms with Crippen molar-refractivity contribution in [3.63, 3.8) is 0 Å². The molecule has 4 heteroatoms. The molecule has 0 unspecified atom stereocenters. The van der Waals surface area contributed by atoms with Gasteiger partial charge in [-0.15, -0.1) is 6.58 Å². The second-order valence-electron chi connectivity index (χ2n) is 3.85. The zero-order valence-corrected chi connectivity index (χ0v) is 9.95. The number of piperazine rings is 1. The highest BCUT2D eigenvalue weighted by molar-refractivity contribution is 6.30. The summed E-state index contributed by atoms with van der Waals surface area (Å²) in [6.45, 7) is 7.97. The number of nitrogens with one attached hydrogen (secondary N) is 1. The van der Waals surface area contributed by atoms with Crippen LogP contribution in [-0.4, -0.2) is 36.1 Å². The van der Waals surface area contributed by atoms with Gasteiger partial charge in [0.15, 0.2) is 0 Å². The predicted molar refractivity (Wildman–Crippen MR) is 66.6 cm³/mol. The molecule has 2 rings (SSSR count). The van der Waals surface area contributed by atoms with E-state index in [9.17, 15) is 0 Å². The summed E-state index contributed by atoms with van der Waals surface area (Å²) in [4.78, 5) is 6.49. The molecule has 1 atom stereocenters. The van der Waals surface area contributed by atoms with Crippen molar-refractivity contribution in [1.29, 1.82) is 0 Å². The summed E-state index contributed by atoms with van der Waals surface area (Å²) in [7, 11) is 0. The van der Waals surface area contributed by atoms with E-state index in [1.807, 2.05) is 18.2 Å². The smallest absolute Gasteiger partial charge is 0.134 e. The molecule has 0 bridgehead atoms. The van der Waals surface area contributed by atoms with Crippen LogP contribution in [0.15, 0.2) is 31.0 Å². The molecule has 0 aliphatic carbocycles. The molecule has 1 aliphatic heterocycles. The predicted octanol–water partition coefficient (Wildman–Crippen LogP) is 1.87. The van der Waals surface area contributed by atoms with Crippen LogP contribution in [0.1, 0.15) is 11.6 Å². The van der Waals surface area contributed by atoms with Crippen LogP contribution in [0.4, 0.5) is 0 Å². The fraction of sp³-hybridized carbons (Fsp3) is 0.417. The highest BCUT2D eigenvalue weighted by Crippen LogP contribution is 2.26. The van der Waals surface area contributed by atoms with Gasteiger partial charge >= 0.3 is 0 Å². The molecule has 1 fully saturated rings. The monoisotopic (exact) mass is 237 g/mol. The number of halogens is 1. The lowest BCUT2D eigenvalue weighted by Crippen LogP contribution is -2.44. The molecule has 1 aromatic heterocycles. The van der Waals surface area contributed by atoms with E-state index in [1.165, 1.54) is 0 Å². The maximum atomic E-state index is 6.12. The highest BCUT2D eigenvalue weighted by Gasteiger charge is 2.21. The number of hydrogen-bond acceptors (Lipinski definition) is 3. The Bertz CT molecular complexity index is 361. The molecule has 2 heterocycles. The van der Waals surface area contributed by atoms with Crippen LogP contribution in [-0.2, 0) is 0 Å². The van der Waals surface area contributed by atoms with Gasteiger partial charge < -0.3 is 5.32 Å². The van der Waals surface area contributed by atoms with Gasteiger partial charge in [0, 0.05) is 37.9 Å². The van der Waals surface area contributed by atoms with Crippen LogP contribution in [0.5, 0.6) is 0 Å². The van der Waals surface area contributed by atoms with Crippen LogP contribution in [0, 0.1) is 0 Å². The van der Waals surface area contributed by atoms with Crippen molar-refractivity contribution in [2.75, 3.05) is 26.2 Å². The van der Waals surface area contributed by atoms with Gasteiger partial charge in [-0.2, -0.15) is 0 Å². The number of rotatable bonds is 3. The molecule has 0 aromatic carbocycles. The first-order valence-corrected chi connectivity index (χ1v) is 5.88. The Balaban J connectivity index is 2.21. The summed E-state index contributed by atoms with van der Waals surface area (Å²) in [5.74, 6) is 0. The third-order valence-corrected chi connectivity index (χ3v) is 3.19. The first-order chi connectivity index (χ1) is 7.83. The van der Waals surface area contributed by atoms with E-state index in [4.69, 9.17) is 11.6 Å². The van der Waals surface area contributed by atoms with Crippen LogP contribution in [0.2, 0.25) is 5.15 Å². The van der Waals surface area contributed by atoms with Crippen molar-refractivity contribution < 1.29 is 0 Å². The molecule has 0 spiro atoms. The first-order valence-electron chi connectivity index (χ1n) is 5.50. The standard InChI is InChI=1S/C12H16ClN3/c1-2-11(16-8-6-14-7-9-16)10-4-3-5-15-12(10)13/h2-5,11,14H,1,6-9H2/t11-/m1/s1. The minimum Gasteiger partial charge on any atom is -0.314 e. The van der Waals surface area contributed by atoms with Gasteiger partial charge in [0.25, 0.3) is 0 Å². The molecule has 0 radical (unpaired) electrons. The minimum atomic E-state index is 0.170. The zero-order valence-electron chi connectivity index (χ0n) is 9.19. The summed E-state index contributed by atoms with van der Waals surface area (Å²) in [6, 6.07) is 4.10. The Morgan fingerprint density at radius 1 is 1.50 bits per heavy atom. The van der Waals surface area contributed by atoms with E-state index < -0.39 is 0 Å². The molecule has 86 valence electrons. The topological polar surface area (TPSA) is 28.2 Å². The van der Waals surface area contributed by atoms with Crippen molar-refractivity contribution in [3.05, 3.63) is 41.7 Å². The van der Waals surface area contributed by atoms with Gasteiger partial charge in [-0.05, 0) is 6.07 Å². The second kappa shape index (κ2) is 5.43. The van der Waals surface area contributed by atoms with E-state index >= 15 is 0 Å². The molecule has 0 saturated carbocycles. The average Bonchev–Trinajstić information content (AvgIpc) is 2.34. The lowest BCUT2D eigenvalue weighted by Gasteiger charge is -2.33. The molecule has 1 aliphatic rings. The molecule has 1 saturated heterocycles. The van der Waals surface area contributed by atoms with E-state index in [2.05, 4.69) is 21.8 Å². The van der Waals surface area contributed by atoms with Gasteiger partial charge in [-0.25, -0.2) is 4.98 Å². The van der Waals surface area contributed by atoms with E-state index in [1.54, 1.807) is 6.20 Å². The van der Waals surface area contributed by atoms with Crippen LogP contribution < -0.4 is 5.32 Å². The largest absolute Gasteiger partial charge is 0.314 e. The van der Waals surface area contributed by atoms with E-state index in [-0.39, 0.29) is 6.04 Å². The summed E-state index contributed by atoms with van der Waals surface area (Å²) in [5, 5.41) is 3.91. The van der Waals surface area contributed by atoms with Crippen molar-refractivity contribution in [3.8, 4) is 0 Å². The quantitative estimate of drug-likeness (QED) is 0.643. The molecule has 3 nitrogen and oxygen atoms in total. The van der Waals surface area contributed by atoms with Gasteiger partial charge in [0.2, 0.25) is 0 Å². The third kappa shape index (κ3) is 2.43. The van der Waals surface area contributed by atoms with Crippen molar-refractivity contribution in [1.82, 2.24) is 15.2 Å². The van der Waals surface area contributed by atoms with Gasteiger partial charge in [0.05, 0.1) is 6.04 Å². The Hall–Kier alpha value is -0.900. The first kappa shape index (κ1) is 11.6. The van der Waals surface area contributed by atoms with Gasteiger partial charge in [-0.3, -0.25) is 4.90 Å². The summed E-state index contributed by atoms with van der Waals surface area (Å²) in [5.41, 5.74) is 1.04. The third-order valence-electron chi connectivity index (χ3n) is 2.87. The van der Waals surface area contributed by atoms with Crippen molar-refractivity contribution in [2.24, 2.45) is 0 Å². The SMILES string of the molecule is C=C[C@H](c1cccnc1Cl)N1CCNCC1. The number of aromatic nitrogens is 1. The number of pyridine rings is 1. The van der Waals surface area contributed by atoms with Crippen molar-refractivity contribution >= 4 is 11.6 Å². The highest BCUT2D eigenvalue weighted by atomic mass is 35.5. The lowest BCUT2D eigenvalue weighted by molar-refractivity contribution is 0.203. The number of nitrogens with zero attached hydrogens (tertiary/aromatic N) is 2. The van der Waals surface area contributed by atoms with Crippen LogP contribution in [0.25, 0.3) is 0 Å². The Morgan fingerprint density at radius 3 is 2.88 bits per heavy atom. The molecule has 1 aromatic rings. The zero-order chi connectivity index (χ0) is 11.4. The van der Waals surface area contributed by atoms with E-state index in [0.717, 1.165) is 31.7 Å². The summed E-state index contributed by atoms with van der Waals surface area (Å²) in [6.07, 6.45) is 3.65. The second-order valence-corrected chi connectivity index (χ2v) is 4.21. The van der Waals surface area contributed by atoms with Crippen LogP contribution in [0.3, 0.4) is 0 Å². The fourth-order valence-electron chi connectivity index (χ4n) is 2.05. The Morgan fingerprint density at radius 2 is 2.25 bits per heavy atom. The molecular formula is C12H16ClN3. The maximum absolute atomic E-state index is 6.12. The van der Waals surface area contributed by atoms with Crippen LogP contribution >= 0.6 is 11.6 Å². The normalized spacial score (nSPS) is 19.3. The molecule has 0 amide bonds. The minimum absolute atomic E-state index is 0.170. The molecule has 16 heavy (non-hydrogen) atoms. The van der Waals surface area contributed by atoms with E-state index in [0.29, 0.717) is 5.15 Å². The lowest BCUT2D eigenvalue weighted by atomic mass is 10.1. The van der Waals surface area contributed by atoms with Gasteiger partial charge in [-0.1, -0.05) is 23.7 Å². The summed E-state index contributed by atoms with van der Waals surface area (Å²) < 4.78 is 0. The number of hydrogen-bond donors (Lipinski definition) is 1. The average molecular weight is 238 g/mol.